The Morgan fingerprint density at radius 2 is 2.24 bits per heavy atom. The van der Waals surface area contributed by atoms with Crippen LogP contribution in [0.5, 0.6) is 5.88 Å². The molecular weight excluding hydrogens is 270 g/mol. The summed E-state index contributed by atoms with van der Waals surface area (Å²) in [5, 5.41) is 12.0. The fourth-order valence-electron chi connectivity index (χ4n) is 2.30. The average Bonchev–Trinajstić information content (AvgIpc) is 2.92. The molecule has 1 aromatic heterocycles. The van der Waals surface area contributed by atoms with E-state index in [-0.39, 0.29) is 11.4 Å². The molecule has 0 aromatic carbocycles. The Bertz CT molecular complexity index is 541. The highest BCUT2D eigenvalue weighted by Crippen LogP contribution is 2.27. The summed E-state index contributed by atoms with van der Waals surface area (Å²) in [4.78, 5) is 4.53. The zero-order valence-electron chi connectivity index (χ0n) is 12.8. The van der Waals surface area contributed by atoms with Crippen molar-refractivity contribution in [3.05, 3.63) is 22.9 Å². The van der Waals surface area contributed by atoms with E-state index in [0.717, 1.165) is 36.9 Å². The molecule has 0 radical (unpaired) electrons. The molecule has 6 heteroatoms. The molecule has 21 heavy (non-hydrogen) atoms. The van der Waals surface area contributed by atoms with Crippen LogP contribution in [-0.4, -0.2) is 35.3 Å². The van der Waals surface area contributed by atoms with Gasteiger partial charge >= 0.3 is 0 Å². The van der Waals surface area contributed by atoms with Crippen molar-refractivity contribution in [3.63, 3.8) is 0 Å². The largest absolute Gasteiger partial charge is 0.477 e. The van der Waals surface area contributed by atoms with Crippen LogP contribution in [0.4, 0.5) is 0 Å². The third-order valence-electron chi connectivity index (χ3n) is 3.90. The maximum Gasteiger partial charge on any atom is 0.224 e. The number of rotatable bonds is 6. The normalized spacial score (nSPS) is 15.1. The second kappa shape index (κ2) is 6.30. The molecule has 0 atom stereocenters. The van der Waals surface area contributed by atoms with Gasteiger partial charge in [-0.1, -0.05) is 5.16 Å². The summed E-state index contributed by atoms with van der Waals surface area (Å²) in [6, 6.07) is 1.92. The highest BCUT2D eigenvalue weighted by molar-refractivity contribution is 5.99. The average molecular weight is 293 g/mol. The molecule has 0 bridgehead atoms. The molecule has 0 amide bonds. The maximum atomic E-state index is 8.91. The number of hydrogen-bond donors (Lipinski definition) is 2. The molecule has 0 saturated carbocycles. The van der Waals surface area contributed by atoms with Crippen LogP contribution in [0, 0.1) is 0 Å². The standard InChI is InChI=1S/C15H23N3O3/c1-15(2,20-3)7-8-21-14-11(13(16)18-19)9-10-5-4-6-12(10)17-14/h9,19H,4-8H2,1-3H3,(H2,16,18). The van der Waals surface area contributed by atoms with Crippen LogP contribution in [-0.2, 0) is 17.6 Å². The van der Waals surface area contributed by atoms with Crippen molar-refractivity contribution < 1.29 is 14.7 Å². The number of pyridine rings is 1. The first-order valence-corrected chi connectivity index (χ1v) is 7.15. The molecule has 3 N–H and O–H groups in total. The Balaban J connectivity index is 2.17. The first-order chi connectivity index (χ1) is 9.96. The number of aryl methyl sites for hydroxylation is 2. The van der Waals surface area contributed by atoms with E-state index in [4.69, 9.17) is 20.4 Å². The number of hydrogen-bond acceptors (Lipinski definition) is 5. The fraction of sp³-hybridized carbons (Fsp3) is 0.600. The third-order valence-corrected chi connectivity index (χ3v) is 3.90. The lowest BCUT2D eigenvalue weighted by molar-refractivity contribution is 0.00505. The highest BCUT2D eigenvalue weighted by Gasteiger charge is 2.21. The first-order valence-electron chi connectivity index (χ1n) is 7.15. The lowest BCUT2D eigenvalue weighted by Crippen LogP contribution is -2.26. The zero-order chi connectivity index (χ0) is 15.5. The van der Waals surface area contributed by atoms with Gasteiger partial charge < -0.3 is 20.4 Å². The van der Waals surface area contributed by atoms with Crippen LogP contribution >= 0.6 is 0 Å². The smallest absolute Gasteiger partial charge is 0.224 e. The molecule has 1 aliphatic carbocycles. The van der Waals surface area contributed by atoms with Crippen LogP contribution < -0.4 is 10.5 Å². The minimum Gasteiger partial charge on any atom is -0.477 e. The lowest BCUT2D eigenvalue weighted by atomic mass is 10.1. The summed E-state index contributed by atoms with van der Waals surface area (Å²) in [6.07, 6.45) is 3.73. The molecule has 0 unspecified atom stereocenters. The molecule has 2 rings (SSSR count). The van der Waals surface area contributed by atoms with Gasteiger partial charge in [0, 0.05) is 19.2 Å². The fourth-order valence-corrected chi connectivity index (χ4v) is 2.30. The van der Waals surface area contributed by atoms with Gasteiger partial charge in [-0.05, 0) is 44.7 Å². The number of oxime groups is 1. The molecule has 0 aliphatic heterocycles. The summed E-state index contributed by atoms with van der Waals surface area (Å²) in [6.45, 7) is 4.45. The van der Waals surface area contributed by atoms with Gasteiger partial charge in [-0.15, -0.1) is 0 Å². The van der Waals surface area contributed by atoms with Crippen molar-refractivity contribution >= 4 is 5.84 Å². The van der Waals surface area contributed by atoms with Crippen LogP contribution in [0.15, 0.2) is 11.2 Å². The van der Waals surface area contributed by atoms with Crippen LogP contribution in [0.3, 0.4) is 0 Å². The Morgan fingerprint density at radius 3 is 2.90 bits per heavy atom. The van der Waals surface area contributed by atoms with E-state index >= 15 is 0 Å². The molecule has 116 valence electrons. The van der Waals surface area contributed by atoms with Gasteiger partial charge in [0.25, 0.3) is 0 Å². The molecule has 6 nitrogen and oxygen atoms in total. The van der Waals surface area contributed by atoms with Gasteiger partial charge in [-0.2, -0.15) is 0 Å². The molecule has 1 heterocycles. The van der Waals surface area contributed by atoms with Crippen LogP contribution in [0.2, 0.25) is 0 Å². The van der Waals surface area contributed by atoms with E-state index in [1.165, 1.54) is 0 Å². The highest BCUT2D eigenvalue weighted by atomic mass is 16.5. The van der Waals surface area contributed by atoms with Crippen molar-refractivity contribution in [2.75, 3.05) is 13.7 Å². The number of ether oxygens (including phenoxy) is 2. The van der Waals surface area contributed by atoms with Gasteiger partial charge in [0.05, 0.1) is 17.8 Å². The van der Waals surface area contributed by atoms with Crippen LogP contribution in [0.25, 0.3) is 0 Å². The second-order valence-electron chi connectivity index (χ2n) is 5.85. The van der Waals surface area contributed by atoms with Gasteiger partial charge in [0.2, 0.25) is 5.88 Å². The minimum absolute atomic E-state index is 0.0261. The van der Waals surface area contributed by atoms with Gasteiger partial charge in [-0.25, -0.2) is 4.98 Å². The maximum absolute atomic E-state index is 8.91. The van der Waals surface area contributed by atoms with Gasteiger partial charge in [-0.3, -0.25) is 0 Å². The summed E-state index contributed by atoms with van der Waals surface area (Å²) < 4.78 is 11.1. The van der Waals surface area contributed by atoms with Crippen molar-refractivity contribution in [1.29, 1.82) is 0 Å². The van der Waals surface area contributed by atoms with E-state index < -0.39 is 0 Å². The number of amidine groups is 1. The molecule has 0 saturated heterocycles. The number of fused-ring (bicyclic) bond motifs is 1. The van der Waals surface area contributed by atoms with Crippen molar-refractivity contribution in [2.24, 2.45) is 10.9 Å². The topological polar surface area (TPSA) is 90.0 Å². The summed E-state index contributed by atoms with van der Waals surface area (Å²) >= 11 is 0. The molecule has 1 aromatic rings. The predicted molar refractivity (Wildman–Crippen MR) is 80.0 cm³/mol. The third kappa shape index (κ3) is 3.64. The summed E-state index contributed by atoms with van der Waals surface area (Å²) in [7, 11) is 1.68. The monoisotopic (exact) mass is 293 g/mol. The summed E-state index contributed by atoms with van der Waals surface area (Å²) in [5.74, 6) is 0.455. The van der Waals surface area contributed by atoms with Crippen molar-refractivity contribution in [2.45, 2.75) is 45.1 Å². The van der Waals surface area contributed by atoms with E-state index in [1.807, 2.05) is 19.9 Å². The molecule has 1 aliphatic rings. The number of nitrogens with two attached hydrogens (primary N) is 1. The van der Waals surface area contributed by atoms with Crippen LogP contribution in [0.1, 0.15) is 43.5 Å². The van der Waals surface area contributed by atoms with Crippen molar-refractivity contribution in [1.82, 2.24) is 4.98 Å². The van der Waals surface area contributed by atoms with E-state index in [2.05, 4.69) is 10.1 Å². The van der Waals surface area contributed by atoms with Gasteiger partial charge in [0.15, 0.2) is 5.84 Å². The second-order valence-corrected chi connectivity index (χ2v) is 5.85. The van der Waals surface area contributed by atoms with E-state index in [0.29, 0.717) is 18.1 Å². The van der Waals surface area contributed by atoms with Crippen molar-refractivity contribution in [3.8, 4) is 5.88 Å². The lowest BCUT2D eigenvalue weighted by Gasteiger charge is -2.22. The number of nitrogens with zero attached hydrogens (tertiary/aromatic N) is 2. The molecule has 0 spiro atoms. The Labute approximate surface area is 125 Å². The predicted octanol–water partition coefficient (Wildman–Crippen LogP) is 1.86. The first kappa shape index (κ1) is 15.6. The molecule has 0 fully saturated rings. The number of methoxy groups -OCH3 is 1. The molecular formula is C15H23N3O3. The van der Waals surface area contributed by atoms with E-state index in [9.17, 15) is 0 Å². The summed E-state index contributed by atoms with van der Waals surface area (Å²) in [5.41, 5.74) is 8.22. The quantitative estimate of drug-likeness (QED) is 0.361. The Morgan fingerprint density at radius 1 is 1.48 bits per heavy atom. The minimum atomic E-state index is -0.256. The van der Waals surface area contributed by atoms with E-state index in [1.54, 1.807) is 7.11 Å². The SMILES string of the molecule is COC(C)(C)CCOc1nc2c(cc1C(N)=NO)CCC2. The zero-order valence-corrected chi connectivity index (χ0v) is 12.8. The Hall–Kier alpha value is -1.82. The Kier molecular flexibility index (Phi) is 4.67. The number of aromatic nitrogens is 1. The van der Waals surface area contributed by atoms with Gasteiger partial charge in [0.1, 0.15) is 0 Å².